The second kappa shape index (κ2) is 5.28. The molecule has 1 aromatic heterocycles. The van der Waals surface area contributed by atoms with Crippen LogP contribution >= 0.6 is 0 Å². The molecule has 4 nitrogen and oxygen atoms in total. The summed E-state index contributed by atoms with van der Waals surface area (Å²) in [5.41, 5.74) is -1.59. The van der Waals surface area contributed by atoms with Crippen molar-refractivity contribution in [1.29, 1.82) is 0 Å². The Hall–Kier alpha value is -2.44. The molecule has 0 aliphatic heterocycles. The van der Waals surface area contributed by atoms with E-state index >= 15 is 0 Å². The van der Waals surface area contributed by atoms with Crippen LogP contribution in [-0.2, 0) is 12.8 Å². The van der Waals surface area contributed by atoms with Crippen molar-refractivity contribution in [2.24, 2.45) is 0 Å². The summed E-state index contributed by atoms with van der Waals surface area (Å²) in [6.45, 7) is -0.0708. The van der Waals surface area contributed by atoms with Crippen LogP contribution in [0.1, 0.15) is 21.7 Å². The average molecular weight is 286 g/mol. The van der Waals surface area contributed by atoms with Gasteiger partial charge in [0.15, 0.2) is 0 Å². The number of carboxylic acids is 1. The number of ether oxygens (including phenoxy) is 1. The largest absolute Gasteiger partial charge is 0.485 e. The number of halogens is 3. The lowest BCUT2D eigenvalue weighted by molar-refractivity contribution is -0.137. The molecule has 0 fully saturated rings. The fraction of sp³-hybridized carbons (Fsp3) is 0.154. The Labute approximate surface area is 111 Å². The van der Waals surface area contributed by atoms with E-state index in [1.165, 1.54) is 6.26 Å². The van der Waals surface area contributed by atoms with Crippen molar-refractivity contribution in [1.82, 2.24) is 0 Å². The molecule has 0 unspecified atom stereocenters. The summed E-state index contributed by atoms with van der Waals surface area (Å²) in [6.07, 6.45) is -3.20. The molecular weight excluding hydrogens is 277 g/mol. The van der Waals surface area contributed by atoms with Gasteiger partial charge >= 0.3 is 12.1 Å². The monoisotopic (exact) mass is 286 g/mol. The lowest BCUT2D eigenvalue weighted by atomic mass is 10.1. The van der Waals surface area contributed by atoms with Crippen LogP contribution in [-0.4, -0.2) is 11.1 Å². The number of aromatic carboxylic acids is 1. The zero-order valence-corrected chi connectivity index (χ0v) is 9.98. The maximum atomic E-state index is 12.5. The smallest absolute Gasteiger partial charge is 0.416 e. The van der Waals surface area contributed by atoms with Gasteiger partial charge in [-0.25, -0.2) is 4.79 Å². The molecule has 106 valence electrons. The molecule has 0 saturated carbocycles. The summed E-state index contributed by atoms with van der Waals surface area (Å²) in [6, 6.07) is 5.51. The maximum Gasteiger partial charge on any atom is 0.416 e. The molecule has 0 saturated heterocycles. The molecule has 0 aliphatic rings. The molecule has 1 aromatic carbocycles. The van der Waals surface area contributed by atoms with E-state index in [2.05, 4.69) is 0 Å². The highest BCUT2D eigenvalue weighted by Crippen LogP contribution is 2.32. The Morgan fingerprint density at radius 3 is 2.60 bits per heavy atom. The minimum atomic E-state index is -4.61. The van der Waals surface area contributed by atoms with Crippen LogP contribution in [0.3, 0.4) is 0 Å². The first-order valence-corrected chi connectivity index (χ1v) is 5.47. The van der Waals surface area contributed by atoms with Gasteiger partial charge in [0.2, 0.25) is 0 Å². The maximum absolute atomic E-state index is 12.5. The second-order valence-electron chi connectivity index (χ2n) is 3.88. The van der Waals surface area contributed by atoms with E-state index in [-0.39, 0.29) is 12.4 Å². The molecule has 20 heavy (non-hydrogen) atoms. The first-order valence-electron chi connectivity index (χ1n) is 5.47. The second-order valence-corrected chi connectivity index (χ2v) is 3.88. The molecule has 7 heteroatoms. The highest BCUT2D eigenvalue weighted by Gasteiger charge is 2.32. The van der Waals surface area contributed by atoms with Crippen molar-refractivity contribution in [2.75, 3.05) is 0 Å². The first-order chi connectivity index (χ1) is 9.38. The number of carbonyl (C=O) groups is 1. The lowest BCUT2D eigenvalue weighted by Crippen LogP contribution is -2.09. The Morgan fingerprint density at radius 1 is 1.30 bits per heavy atom. The third-order valence-electron chi connectivity index (χ3n) is 2.49. The van der Waals surface area contributed by atoms with Crippen LogP contribution in [0.25, 0.3) is 0 Å². The van der Waals surface area contributed by atoms with E-state index in [0.29, 0.717) is 11.8 Å². The fourth-order valence-corrected chi connectivity index (χ4v) is 1.54. The fourth-order valence-electron chi connectivity index (χ4n) is 1.54. The van der Waals surface area contributed by atoms with E-state index in [1.54, 1.807) is 12.1 Å². The molecule has 0 atom stereocenters. The molecular formula is C13H9F3O4. The van der Waals surface area contributed by atoms with Crippen molar-refractivity contribution in [3.8, 4) is 5.75 Å². The topological polar surface area (TPSA) is 59.7 Å². The minimum absolute atomic E-state index is 0.0708. The highest BCUT2D eigenvalue weighted by molar-refractivity contribution is 5.91. The molecule has 0 spiro atoms. The van der Waals surface area contributed by atoms with Crippen LogP contribution in [0.4, 0.5) is 13.2 Å². The van der Waals surface area contributed by atoms with Gasteiger partial charge in [-0.1, -0.05) is 0 Å². The zero-order valence-electron chi connectivity index (χ0n) is 9.98. The van der Waals surface area contributed by atoms with Gasteiger partial charge in [0.25, 0.3) is 0 Å². The highest BCUT2D eigenvalue weighted by atomic mass is 19.4. The zero-order chi connectivity index (χ0) is 14.8. The number of hydrogen-bond donors (Lipinski definition) is 1. The summed E-state index contributed by atoms with van der Waals surface area (Å²) in [4.78, 5) is 11.0. The predicted molar refractivity (Wildman–Crippen MR) is 61.4 cm³/mol. The van der Waals surface area contributed by atoms with E-state index in [0.717, 1.165) is 12.1 Å². The quantitative estimate of drug-likeness (QED) is 0.933. The Morgan fingerprint density at radius 2 is 2.05 bits per heavy atom. The van der Waals surface area contributed by atoms with Crippen molar-refractivity contribution in [3.05, 3.63) is 53.5 Å². The summed E-state index contributed by atoms with van der Waals surface area (Å²) < 4.78 is 47.7. The van der Waals surface area contributed by atoms with E-state index < -0.39 is 23.3 Å². The van der Waals surface area contributed by atoms with Crippen LogP contribution < -0.4 is 4.74 Å². The van der Waals surface area contributed by atoms with Crippen LogP contribution in [0.2, 0.25) is 0 Å². The molecule has 1 heterocycles. The van der Waals surface area contributed by atoms with Gasteiger partial charge in [-0.2, -0.15) is 13.2 Å². The van der Waals surface area contributed by atoms with E-state index in [1.807, 2.05) is 0 Å². The molecule has 0 aliphatic carbocycles. The number of hydrogen-bond acceptors (Lipinski definition) is 3. The van der Waals surface area contributed by atoms with Crippen LogP contribution in [0, 0.1) is 0 Å². The van der Waals surface area contributed by atoms with Crippen molar-refractivity contribution in [3.63, 3.8) is 0 Å². The minimum Gasteiger partial charge on any atom is -0.485 e. The summed E-state index contributed by atoms with van der Waals surface area (Å²) in [5, 5.41) is 8.94. The number of carboxylic acid groups (broad SMARTS) is 1. The number of furan rings is 1. The molecule has 2 aromatic rings. The third-order valence-corrected chi connectivity index (χ3v) is 2.49. The normalized spacial score (nSPS) is 11.3. The van der Waals surface area contributed by atoms with Gasteiger partial charge < -0.3 is 14.3 Å². The number of alkyl halides is 3. The molecule has 0 radical (unpaired) electrons. The summed E-state index contributed by atoms with van der Waals surface area (Å²) in [5.74, 6) is -1.21. The van der Waals surface area contributed by atoms with Gasteiger partial charge in [0, 0.05) is 0 Å². The van der Waals surface area contributed by atoms with Gasteiger partial charge in [0.05, 0.1) is 11.8 Å². The van der Waals surface area contributed by atoms with Crippen LogP contribution in [0.5, 0.6) is 5.75 Å². The van der Waals surface area contributed by atoms with Gasteiger partial charge in [-0.15, -0.1) is 0 Å². The van der Waals surface area contributed by atoms with Crippen molar-refractivity contribution < 1.29 is 32.2 Å². The van der Waals surface area contributed by atoms with Gasteiger partial charge in [0.1, 0.15) is 23.7 Å². The van der Waals surface area contributed by atoms with Gasteiger partial charge in [-0.3, -0.25) is 0 Å². The third kappa shape index (κ3) is 3.11. The Kier molecular flexibility index (Phi) is 3.69. The predicted octanol–water partition coefficient (Wildman–Crippen LogP) is 3.58. The molecule has 2 rings (SSSR count). The van der Waals surface area contributed by atoms with E-state index in [4.69, 9.17) is 14.3 Å². The molecule has 1 N–H and O–H groups in total. The lowest BCUT2D eigenvalue weighted by Gasteiger charge is -2.11. The van der Waals surface area contributed by atoms with Crippen molar-refractivity contribution in [2.45, 2.75) is 12.8 Å². The Balaban J connectivity index is 2.26. The standard InChI is InChI=1S/C13H9F3O4/c14-13(15,16)8-3-4-11(10(6-8)12(17)18)20-7-9-2-1-5-19-9/h1-6H,7H2,(H,17,18). The average Bonchev–Trinajstić information content (AvgIpc) is 2.88. The number of rotatable bonds is 4. The van der Waals surface area contributed by atoms with Crippen LogP contribution in [0.15, 0.2) is 41.0 Å². The van der Waals surface area contributed by atoms with Crippen molar-refractivity contribution >= 4 is 5.97 Å². The Bertz CT molecular complexity index is 603. The first kappa shape index (κ1) is 14.0. The summed E-state index contributed by atoms with van der Waals surface area (Å²) in [7, 11) is 0. The van der Waals surface area contributed by atoms with E-state index in [9.17, 15) is 18.0 Å². The molecule has 0 bridgehead atoms. The van der Waals surface area contributed by atoms with Gasteiger partial charge in [-0.05, 0) is 30.3 Å². The SMILES string of the molecule is O=C(O)c1cc(C(F)(F)F)ccc1OCc1ccco1. The summed E-state index contributed by atoms with van der Waals surface area (Å²) >= 11 is 0. The number of benzene rings is 1. The molecule has 0 amide bonds.